The molecule has 0 saturated carbocycles. The number of esters is 1. The number of methoxy groups -OCH3 is 1. The smallest absolute Gasteiger partial charge is 0.338 e. The predicted octanol–water partition coefficient (Wildman–Crippen LogP) is 3.30. The molecule has 176 valence electrons. The third-order valence-electron chi connectivity index (χ3n) is 5.39. The van der Waals surface area contributed by atoms with Crippen LogP contribution in [0, 0.1) is 0 Å². The molecular weight excluding hydrogens is 472 g/mol. The standard InChI is InChI=1S/C25H24N2O5S2/c1-5-8-16-11-15(12-17(31-4)22(16)28)13-19-23(29)27-21(18-9-7-10-33-18)20(24(30)32-6-2)14(3)26-25(27)34-19/h5,7,9-13,21,28H,1,6,8H2,2-4H3. The van der Waals surface area contributed by atoms with E-state index in [0.717, 1.165) is 4.88 Å². The highest BCUT2D eigenvalue weighted by atomic mass is 32.1. The fourth-order valence-corrected chi connectivity index (χ4v) is 5.77. The first kappa shape index (κ1) is 23.7. The number of nitrogens with zero attached hydrogens (tertiary/aromatic N) is 2. The molecule has 1 aromatic carbocycles. The van der Waals surface area contributed by atoms with Gasteiger partial charge < -0.3 is 14.6 Å². The van der Waals surface area contributed by atoms with E-state index in [0.29, 0.717) is 43.9 Å². The Kier molecular flexibility index (Phi) is 6.85. The molecule has 3 aromatic rings. The summed E-state index contributed by atoms with van der Waals surface area (Å²) >= 11 is 2.72. The van der Waals surface area contributed by atoms with Gasteiger partial charge in [-0.15, -0.1) is 17.9 Å². The van der Waals surface area contributed by atoms with Gasteiger partial charge in [-0.2, -0.15) is 0 Å². The average molecular weight is 497 g/mol. The fraction of sp³-hybridized carbons (Fsp3) is 0.240. The number of carbonyl (C=O) groups is 1. The van der Waals surface area contributed by atoms with Crippen LogP contribution in [0.2, 0.25) is 0 Å². The largest absolute Gasteiger partial charge is 0.504 e. The van der Waals surface area contributed by atoms with E-state index in [1.54, 1.807) is 42.7 Å². The van der Waals surface area contributed by atoms with Crippen LogP contribution in [0.1, 0.15) is 35.9 Å². The summed E-state index contributed by atoms with van der Waals surface area (Å²) in [6, 6.07) is 6.65. The normalized spacial score (nSPS) is 15.6. The van der Waals surface area contributed by atoms with Crippen molar-refractivity contribution >= 4 is 34.7 Å². The number of rotatable bonds is 7. The molecule has 0 amide bonds. The lowest BCUT2D eigenvalue weighted by atomic mass is 10.0. The number of fused-ring (bicyclic) bond motifs is 1. The lowest BCUT2D eigenvalue weighted by Gasteiger charge is -2.23. The Morgan fingerprint density at radius 2 is 2.18 bits per heavy atom. The molecule has 0 fully saturated rings. The van der Waals surface area contributed by atoms with Crippen molar-refractivity contribution in [1.29, 1.82) is 0 Å². The van der Waals surface area contributed by atoms with Crippen molar-refractivity contribution in [3.05, 3.63) is 89.3 Å². The molecule has 9 heteroatoms. The maximum Gasteiger partial charge on any atom is 0.338 e. The Balaban J connectivity index is 1.92. The Morgan fingerprint density at radius 1 is 1.38 bits per heavy atom. The summed E-state index contributed by atoms with van der Waals surface area (Å²) in [7, 11) is 1.48. The number of hydrogen-bond acceptors (Lipinski definition) is 8. The Labute approximate surface area is 204 Å². The number of ether oxygens (including phenoxy) is 2. The van der Waals surface area contributed by atoms with E-state index < -0.39 is 12.0 Å². The summed E-state index contributed by atoms with van der Waals surface area (Å²) in [5.74, 6) is -0.113. The van der Waals surface area contributed by atoms with Crippen LogP contribution >= 0.6 is 22.7 Å². The van der Waals surface area contributed by atoms with Crippen LogP contribution in [0.5, 0.6) is 11.5 Å². The molecule has 0 aliphatic carbocycles. The summed E-state index contributed by atoms with van der Waals surface area (Å²) in [6.07, 6.45) is 3.88. The van der Waals surface area contributed by atoms with Gasteiger partial charge in [0.05, 0.1) is 29.5 Å². The van der Waals surface area contributed by atoms with Gasteiger partial charge in [-0.3, -0.25) is 9.36 Å². The van der Waals surface area contributed by atoms with Gasteiger partial charge in [0.2, 0.25) is 0 Å². The van der Waals surface area contributed by atoms with Crippen molar-refractivity contribution in [2.24, 2.45) is 4.99 Å². The van der Waals surface area contributed by atoms with Crippen molar-refractivity contribution in [2.75, 3.05) is 13.7 Å². The molecule has 1 aliphatic heterocycles. The molecule has 0 bridgehead atoms. The first-order chi connectivity index (χ1) is 16.4. The predicted molar refractivity (Wildman–Crippen MR) is 133 cm³/mol. The van der Waals surface area contributed by atoms with E-state index in [1.165, 1.54) is 29.8 Å². The molecule has 1 atom stereocenters. The van der Waals surface area contributed by atoms with Crippen LogP contribution in [-0.2, 0) is 16.0 Å². The van der Waals surface area contributed by atoms with Crippen molar-refractivity contribution in [2.45, 2.75) is 26.3 Å². The summed E-state index contributed by atoms with van der Waals surface area (Å²) < 4.78 is 12.6. The first-order valence-electron chi connectivity index (χ1n) is 10.6. The first-order valence-corrected chi connectivity index (χ1v) is 12.3. The van der Waals surface area contributed by atoms with Gasteiger partial charge in [-0.1, -0.05) is 23.5 Å². The number of carbonyl (C=O) groups excluding carboxylic acids is 1. The molecular formula is C25H24N2O5S2. The van der Waals surface area contributed by atoms with E-state index in [4.69, 9.17) is 9.47 Å². The molecule has 34 heavy (non-hydrogen) atoms. The zero-order chi connectivity index (χ0) is 24.4. The van der Waals surface area contributed by atoms with Crippen LogP contribution in [0.3, 0.4) is 0 Å². The molecule has 1 unspecified atom stereocenters. The topological polar surface area (TPSA) is 90.1 Å². The number of aromatic nitrogens is 1. The minimum Gasteiger partial charge on any atom is -0.504 e. The molecule has 7 nitrogen and oxygen atoms in total. The molecule has 0 radical (unpaired) electrons. The zero-order valence-electron chi connectivity index (χ0n) is 19.0. The van der Waals surface area contributed by atoms with E-state index in [1.807, 2.05) is 17.5 Å². The summed E-state index contributed by atoms with van der Waals surface area (Å²) in [4.78, 5) is 32.4. The SMILES string of the molecule is C=CCc1cc(C=c2sc3n(c2=O)C(c2cccs2)C(C(=O)OCC)=C(C)N=3)cc(OC)c1O. The number of aromatic hydroxyl groups is 1. The maximum atomic E-state index is 13.6. The van der Waals surface area contributed by atoms with Gasteiger partial charge in [0.15, 0.2) is 16.3 Å². The van der Waals surface area contributed by atoms with Gasteiger partial charge in [0.1, 0.15) is 6.04 Å². The lowest BCUT2D eigenvalue weighted by Crippen LogP contribution is -2.39. The molecule has 1 aliphatic rings. The van der Waals surface area contributed by atoms with E-state index in [-0.39, 0.29) is 17.9 Å². The minimum absolute atomic E-state index is 0.0495. The fourth-order valence-electron chi connectivity index (χ4n) is 3.90. The van der Waals surface area contributed by atoms with E-state index in [9.17, 15) is 14.7 Å². The summed E-state index contributed by atoms with van der Waals surface area (Å²) in [5, 5.41) is 12.3. The molecule has 1 N–H and O–H groups in total. The van der Waals surface area contributed by atoms with Crippen LogP contribution in [-0.4, -0.2) is 29.4 Å². The number of thiophene rings is 1. The summed E-state index contributed by atoms with van der Waals surface area (Å²) in [5.41, 5.74) is 1.98. The second-order valence-electron chi connectivity index (χ2n) is 7.54. The zero-order valence-corrected chi connectivity index (χ0v) is 20.7. The summed E-state index contributed by atoms with van der Waals surface area (Å²) in [6.45, 7) is 7.47. The molecule has 2 aromatic heterocycles. The van der Waals surface area contributed by atoms with Crippen LogP contribution < -0.4 is 19.6 Å². The molecule has 3 heterocycles. The molecule has 0 saturated heterocycles. The maximum absolute atomic E-state index is 13.6. The Morgan fingerprint density at radius 3 is 2.82 bits per heavy atom. The van der Waals surface area contributed by atoms with Gasteiger partial charge in [-0.25, -0.2) is 9.79 Å². The van der Waals surface area contributed by atoms with Gasteiger partial charge in [0, 0.05) is 10.4 Å². The van der Waals surface area contributed by atoms with Crippen molar-refractivity contribution in [3.8, 4) is 11.5 Å². The molecule has 0 spiro atoms. The number of allylic oxidation sites excluding steroid dienone is 2. The number of phenolic OH excluding ortho intramolecular Hbond substituents is 1. The number of phenols is 1. The van der Waals surface area contributed by atoms with Crippen LogP contribution in [0.15, 0.2) is 63.4 Å². The van der Waals surface area contributed by atoms with Crippen LogP contribution in [0.25, 0.3) is 6.08 Å². The lowest BCUT2D eigenvalue weighted by molar-refractivity contribution is -0.139. The Bertz CT molecular complexity index is 1460. The van der Waals surface area contributed by atoms with E-state index >= 15 is 0 Å². The highest BCUT2D eigenvalue weighted by Crippen LogP contribution is 2.34. The van der Waals surface area contributed by atoms with Gasteiger partial charge >= 0.3 is 5.97 Å². The van der Waals surface area contributed by atoms with Gasteiger partial charge in [-0.05, 0) is 55.5 Å². The minimum atomic E-state index is -0.608. The monoisotopic (exact) mass is 496 g/mol. The average Bonchev–Trinajstić information content (AvgIpc) is 3.44. The second kappa shape index (κ2) is 9.82. The molecule has 4 rings (SSSR count). The Hall–Kier alpha value is -3.43. The van der Waals surface area contributed by atoms with E-state index in [2.05, 4.69) is 11.6 Å². The third-order valence-corrected chi connectivity index (χ3v) is 7.30. The number of thiazole rings is 1. The van der Waals surface area contributed by atoms with Crippen molar-refractivity contribution in [3.63, 3.8) is 0 Å². The highest BCUT2D eigenvalue weighted by Gasteiger charge is 2.33. The van der Waals surface area contributed by atoms with Crippen LogP contribution in [0.4, 0.5) is 0 Å². The van der Waals surface area contributed by atoms with Crippen molar-refractivity contribution in [1.82, 2.24) is 4.57 Å². The number of benzene rings is 1. The van der Waals surface area contributed by atoms with Crippen molar-refractivity contribution < 1.29 is 19.4 Å². The van der Waals surface area contributed by atoms with Gasteiger partial charge in [0.25, 0.3) is 5.56 Å². The number of hydrogen-bond donors (Lipinski definition) is 1. The second-order valence-corrected chi connectivity index (χ2v) is 9.53. The third kappa shape index (κ3) is 4.24. The highest BCUT2D eigenvalue weighted by molar-refractivity contribution is 7.10. The quantitative estimate of drug-likeness (QED) is 0.400.